The van der Waals surface area contributed by atoms with Crippen molar-refractivity contribution >= 4 is 27.5 Å². The average molecular weight is 359 g/mol. The van der Waals surface area contributed by atoms with Gasteiger partial charge in [-0.1, -0.05) is 6.07 Å². The van der Waals surface area contributed by atoms with Crippen LogP contribution in [0, 0.1) is 6.92 Å². The molecular formula is C17H17N3O4S. The number of hydrogen-bond acceptors (Lipinski definition) is 5. The van der Waals surface area contributed by atoms with Gasteiger partial charge in [-0.3, -0.25) is 19.5 Å². The number of pyridine rings is 1. The Hall–Kier alpha value is -2.58. The van der Waals surface area contributed by atoms with Crippen LogP contribution in [0.3, 0.4) is 0 Å². The molecule has 2 heterocycles. The van der Waals surface area contributed by atoms with Gasteiger partial charge in [0.2, 0.25) is 21.8 Å². The molecule has 1 N–H and O–H groups in total. The Labute approximate surface area is 145 Å². The van der Waals surface area contributed by atoms with Gasteiger partial charge < -0.3 is 0 Å². The average Bonchev–Trinajstić information content (AvgIpc) is 2.93. The van der Waals surface area contributed by atoms with Gasteiger partial charge in [-0.25, -0.2) is 13.1 Å². The Morgan fingerprint density at radius 2 is 1.84 bits per heavy atom. The minimum absolute atomic E-state index is 0.0729. The van der Waals surface area contributed by atoms with Gasteiger partial charge in [-0.2, -0.15) is 0 Å². The first-order chi connectivity index (χ1) is 11.9. The number of amides is 2. The Kier molecular flexibility index (Phi) is 4.65. The molecule has 2 amide bonds. The second-order valence-corrected chi connectivity index (χ2v) is 7.48. The second kappa shape index (κ2) is 6.73. The van der Waals surface area contributed by atoms with E-state index in [0.29, 0.717) is 16.9 Å². The normalized spacial score (nSPS) is 15.0. The number of nitrogens with one attached hydrogen (secondary N) is 1. The minimum atomic E-state index is -3.73. The van der Waals surface area contributed by atoms with Gasteiger partial charge >= 0.3 is 0 Å². The van der Waals surface area contributed by atoms with Crippen LogP contribution >= 0.6 is 0 Å². The van der Waals surface area contributed by atoms with E-state index in [0.717, 1.165) is 4.90 Å². The molecule has 1 aliphatic rings. The van der Waals surface area contributed by atoms with Gasteiger partial charge in [-0.15, -0.1) is 0 Å². The highest BCUT2D eigenvalue weighted by Gasteiger charge is 2.31. The molecule has 130 valence electrons. The number of aryl methyl sites for hydroxylation is 1. The number of benzene rings is 1. The van der Waals surface area contributed by atoms with Crippen LogP contribution in [0.25, 0.3) is 0 Å². The molecule has 1 saturated heterocycles. The van der Waals surface area contributed by atoms with Crippen molar-refractivity contribution in [1.29, 1.82) is 0 Å². The van der Waals surface area contributed by atoms with Crippen molar-refractivity contribution in [1.82, 2.24) is 9.71 Å². The molecule has 1 aromatic heterocycles. The lowest BCUT2D eigenvalue weighted by Gasteiger charge is -2.17. The van der Waals surface area contributed by atoms with Gasteiger partial charge in [-0.05, 0) is 42.8 Å². The molecular weight excluding hydrogens is 342 g/mol. The third-order valence-corrected chi connectivity index (χ3v) is 5.34. The zero-order chi connectivity index (χ0) is 18.0. The fourth-order valence-corrected chi connectivity index (χ4v) is 3.73. The molecule has 1 fully saturated rings. The van der Waals surface area contributed by atoms with Crippen molar-refractivity contribution in [3.8, 4) is 0 Å². The lowest BCUT2D eigenvalue weighted by molar-refractivity contribution is -0.121. The van der Waals surface area contributed by atoms with E-state index in [4.69, 9.17) is 0 Å². The molecule has 1 aliphatic heterocycles. The Bertz CT molecular complexity index is 910. The number of nitrogens with zero attached hydrogens (tertiary/aromatic N) is 2. The highest BCUT2D eigenvalue weighted by molar-refractivity contribution is 7.89. The predicted octanol–water partition coefficient (Wildman–Crippen LogP) is 1.52. The second-order valence-electron chi connectivity index (χ2n) is 5.72. The molecule has 0 saturated carbocycles. The smallest absolute Gasteiger partial charge is 0.240 e. The zero-order valence-electron chi connectivity index (χ0n) is 13.6. The number of hydrogen-bond donors (Lipinski definition) is 1. The van der Waals surface area contributed by atoms with Crippen molar-refractivity contribution in [2.75, 3.05) is 4.90 Å². The van der Waals surface area contributed by atoms with Crippen LogP contribution in [0.2, 0.25) is 0 Å². The fourth-order valence-electron chi connectivity index (χ4n) is 2.65. The number of anilines is 1. The predicted molar refractivity (Wildman–Crippen MR) is 91.2 cm³/mol. The van der Waals surface area contributed by atoms with Crippen LogP contribution in [-0.4, -0.2) is 25.2 Å². The largest absolute Gasteiger partial charge is 0.274 e. The molecule has 7 nitrogen and oxygen atoms in total. The summed E-state index contributed by atoms with van der Waals surface area (Å²) in [5.41, 5.74) is 1.58. The first-order valence-electron chi connectivity index (χ1n) is 7.74. The van der Waals surface area contributed by atoms with E-state index < -0.39 is 10.0 Å². The number of sulfonamides is 1. The van der Waals surface area contributed by atoms with E-state index in [1.807, 2.05) is 0 Å². The number of imide groups is 1. The molecule has 0 spiro atoms. The van der Waals surface area contributed by atoms with Crippen molar-refractivity contribution in [3.63, 3.8) is 0 Å². The summed E-state index contributed by atoms with van der Waals surface area (Å²) >= 11 is 0. The van der Waals surface area contributed by atoms with Crippen LogP contribution < -0.4 is 9.62 Å². The molecule has 0 aliphatic carbocycles. The summed E-state index contributed by atoms with van der Waals surface area (Å²) < 4.78 is 27.4. The monoisotopic (exact) mass is 359 g/mol. The summed E-state index contributed by atoms with van der Waals surface area (Å²) in [6.07, 6.45) is 1.96. The van der Waals surface area contributed by atoms with E-state index in [-0.39, 0.29) is 36.1 Å². The van der Waals surface area contributed by atoms with E-state index in [2.05, 4.69) is 9.71 Å². The van der Waals surface area contributed by atoms with Crippen LogP contribution in [-0.2, 0) is 26.2 Å². The molecule has 3 rings (SSSR count). The maximum Gasteiger partial charge on any atom is 0.240 e. The molecule has 1 aromatic carbocycles. The van der Waals surface area contributed by atoms with Gasteiger partial charge in [0.15, 0.2) is 0 Å². The molecule has 25 heavy (non-hydrogen) atoms. The summed E-state index contributed by atoms with van der Waals surface area (Å²) in [6.45, 7) is 1.75. The Morgan fingerprint density at radius 3 is 2.44 bits per heavy atom. The zero-order valence-corrected chi connectivity index (χ0v) is 14.4. The lowest BCUT2D eigenvalue weighted by Crippen LogP contribution is -2.29. The Morgan fingerprint density at radius 1 is 1.12 bits per heavy atom. The van der Waals surface area contributed by atoms with Gasteiger partial charge in [0.05, 0.1) is 22.8 Å². The number of rotatable bonds is 5. The van der Waals surface area contributed by atoms with Crippen molar-refractivity contribution in [3.05, 3.63) is 53.9 Å². The molecule has 0 atom stereocenters. The molecule has 2 aromatic rings. The van der Waals surface area contributed by atoms with Crippen molar-refractivity contribution < 1.29 is 18.0 Å². The van der Waals surface area contributed by atoms with Crippen molar-refractivity contribution in [2.24, 2.45) is 0 Å². The van der Waals surface area contributed by atoms with Crippen LogP contribution in [0.5, 0.6) is 0 Å². The molecule has 0 radical (unpaired) electrons. The quantitative estimate of drug-likeness (QED) is 0.817. The SMILES string of the molecule is Cc1cc(S(=O)(=O)NCc2ccccn2)ccc1N1C(=O)CCC1=O. The highest BCUT2D eigenvalue weighted by Crippen LogP contribution is 2.28. The third kappa shape index (κ3) is 3.59. The van der Waals surface area contributed by atoms with E-state index >= 15 is 0 Å². The van der Waals surface area contributed by atoms with Gasteiger partial charge in [0.1, 0.15) is 0 Å². The van der Waals surface area contributed by atoms with Gasteiger partial charge in [0, 0.05) is 19.0 Å². The Balaban J connectivity index is 1.82. The summed E-state index contributed by atoms with van der Waals surface area (Å²) in [7, 11) is -3.73. The third-order valence-electron chi connectivity index (χ3n) is 3.94. The minimum Gasteiger partial charge on any atom is -0.274 e. The fraction of sp³-hybridized carbons (Fsp3) is 0.235. The van der Waals surface area contributed by atoms with Crippen molar-refractivity contribution in [2.45, 2.75) is 31.2 Å². The van der Waals surface area contributed by atoms with E-state index in [9.17, 15) is 18.0 Å². The first kappa shape index (κ1) is 17.2. The number of carbonyl (C=O) groups excluding carboxylic acids is 2. The van der Waals surface area contributed by atoms with Crippen LogP contribution in [0.4, 0.5) is 5.69 Å². The van der Waals surface area contributed by atoms with E-state index in [1.165, 1.54) is 18.2 Å². The molecule has 0 unspecified atom stereocenters. The topological polar surface area (TPSA) is 96.4 Å². The number of carbonyl (C=O) groups is 2. The van der Waals surface area contributed by atoms with E-state index in [1.54, 1.807) is 31.3 Å². The maximum absolute atomic E-state index is 12.4. The standard InChI is InChI=1S/C17H17N3O4S/c1-12-10-14(5-6-15(12)20-16(21)7-8-17(20)22)25(23,24)19-11-13-4-2-3-9-18-13/h2-6,9-10,19H,7-8,11H2,1H3. The first-order valence-corrected chi connectivity index (χ1v) is 9.23. The maximum atomic E-state index is 12.4. The molecule has 0 bridgehead atoms. The highest BCUT2D eigenvalue weighted by atomic mass is 32.2. The lowest BCUT2D eigenvalue weighted by atomic mass is 10.2. The van der Waals surface area contributed by atoms with Crippen LogP contribution in [0.15, 0.2) is 47.5 Å². The molecule has 8 heteroatoms. The summed E-state index contributed by atoms with van der Waals surface area (Å²) in [5, 5.41) is 0. The van der Waals surface area contributed by atoms with Gasteiger partial charge in [0.25, 0.3) is 0 Å². The summed E-state index contributed by atoms with van der Waals surface area (Å²) in [5.74, 6) is -0.533. The number of aromatic nitrogens is 1. The van der Waals surface area contributed by atoms with Crippen LogP contribution in [0.1, 0.15) is 24.1 Å². The summed E-state index contributed by atoms with van der Waals surface area (Å²) in [6, 6.07) is 9.59. The summed E-state index contributed by atoms with van der Waals surface area (Å²) in [4.78, 5) is 29.0.